The zero-order chi connectivity index (χ0) is 17.4. The second kappa shape index (κ2) is 6.16. The maximum absolute atomic E-state index is 13.7. The number of carbonyl (C=O) groups excluding carboxylic acids is 1. The third-order valence-corrected chi connectivity index (χ3v) is 4.94. The van der Waals surface area contributed by atoms with Gasteiger partial charge >= 0.3 is 0 Å². The average Bonchev–Trinajstić information content (AvgIpc) is 2.65. The van der Waals surface area contributed by atoms with Crippen molar-refractivity contribution in [3.63, 3.8) is 0 Å². The van der Waals surface area contributed by atoms with Gasteiger partial charge in [-0.05, 0) is 17.5 Å². The van der Waals surface area contributed by atoms with Crippen LogP contribution in [0.15, 0.2) is 23.1 Å². The summed E-state index contributed by atoms with van der Waals surface area (Å²) in [6.07, 6.45) is 0.0259. The summed E-state index contributed by atoms with van der Waals surface area (Å²) < 4.78 is 53.3. The molecule has 1 aromatic carbocycles. The lowest BCUT2D eigenvalue weighted by molar-refractivity contribution is -0.128. The molecule has 0 saturated carbocycles. The lowest BCUT2D eigenvalue weighted by atomic mass is 9.96. The molecule has 1 amide bonds. The summed E-state index contributed by atoms with van der Waals surface area (Å²) >= 11 is 0. The molecular weight excluding hydrogens is 326 g/mol. The first-order chi connectivity index (χ1) is 10.5. The van der Waals surface area contributed by atoms with Gasteiger partial charge in [0.15, 0.2) is 0 Å². The Morgan fingerprint density at radius 3 is 2.52 bits per heavy atom. The molecule has 5 nitrogen and oxygen atoms in total. The van der Waals surface area contributed by atoms with E-state index in [0.717, 1.165) is 12.1 Å². The summed E-state index contributed by atoms with van der Waals surface area (Å²) in [7, 11) is -4.15. The highest BCUT2D eigenvalue weighted by Gasteiger charge is 2.35. The molecule has 0 radical (unpaired) electrons. The van der Waals surface area contributed by atoms with Crippen molar-refractivity contribution in [2.45, 2.75) is 38.1 Å². The number of benzene rings is 1. The number of sulfonamides is 1. The molecular formula is C15H20F2N2O3S. The summed E-state index contributed by atoms with van der Waals surface area (Å²) in [5.74, 6) is -2.16. The van der Waals surface area contributed by atoms with Crippen LogP contribution in [0, 0.1) is 17.0 Å². The molecule has 1 aliphatic heterocycles. The van der Waals surface area contributed by atoms with E-state index in [2.05, 4.69) is 4.72 Å². The van der Waals surface area contributed by atoms with Crippen LogP contribution in [0.2, 0.25) is 0 Å². The number of likely N-dealkylation sites (tertiary alicyclic amines) is 1. The standard InChI is InChI=1S/C15H20F2N2O3S/c1-15(2,3)9-19-8-11(7-14(19)20)18-23(21,22)13-5-4-10(16)6-12(13)17/h4-6,11,18H,7-9H2,1-3H3. The number of amides is 1. The minimum atomic E-state index is -4.15. The van der Waals surface area contributed by atoms with E-state index in [4.69, 9.17) is 0 Å². The third kappa shape index (κ3) is 4.48. The average molecular weight is 346 g/mol. The molecule has 0 bridgehead atoms. The lowest BCUT2D eigenvalue weighted by Crippen LogP contribution is -2.39. The fourth-order valence-corrected chi connectivity index (χ4v) is 3.84. The molecule has 1 aliphatic rings. The van der Waals surface area contributed by atoms with Crippen LogP contribution in [0.25, 0.3) is 0 Å². The van der Waals surface area contributed by atoms with Crippen molar-refractivity contribution in [3.05, 3.63) is 29.8 Å². The van der Waals surface area contributed by atoms with Crippen molar-refractivity contribution < 1.29 is 22.0 Å². The van der Waals surface area contributed by atoms with Crippen molar-refractivity contribution in [1.82, 2.24) is 9.62 Å². The Kier molecular flexibility index (Phi) is 4.77. The van der Waals surface area contributed by atoms with Crippen LogP contribution in [0.1, 0.15) is 27.2 Å². The molecule has 0 spiro atoms. The highest BCUT2D eigenvalue weighted by atomic mass is 32.2. The molecule has 1 N–H and O–H groups in total. The van der Waals surface area contributed by atoms with Gasteiger partial charge < -0.3 is 4.90 Å². The Labute approximate surface area is 134 Å². The predicted octanol–water partition coefficient (Wildman–Crippen LogP) is 1.89. The van der Waals surface area contributed by atoms with Crippen LogP contribution in [-0.2, 0) is 14.8 Å². The number of hydrogen-bond acceptors (Lipinski definition) is 3. The fourth-order valence-electron chi connectivity index (χ4n) is 2.55. The maximum atomic E-state index is 13.7. The second-order valence-corrected chi connectivity index (χ2v) is 8.61. The number of halogens is 2. The zero-order valence-corrected chi connectivity index (χ0v) is 14.1. The number of rotatable bonds is 4. The summed E-state index contributed by atoms with van der Waals surface area (Å²) in [4.78, 5) is 12.9. The Balaban J connectivity index is 2.11. The van der Waals surface area contributed by atoms with Crippen LogP contribution in [0.5, 0.6) is 0 Å². The van der Waals surface area contributed by atoms with E-state index in [0.29, 0.717) is 12.6 Å². The maximum Gasteiger partial charge on any atom is 0.243 e. The normalized spacial score (nSPS) is 19.4. The van der Waals surface area contributed by atoms with E-state index in [9.17, 15) is 22.0 Å². The van der Waals surface area contributed by atoms with E-state index in [1.807, 2.05) is 20.8 Å². The molecule has 1 atom stereocenters. The quantitative estimate of drug-likeness (QED) is 0.905. The molecule has 1 fully saturated rings. The first-order valence-corrected chi connectivity index (χ1v) is 8.71. The summed E-state index contributed by atoms with van der Waals surface area (Å²) in [5.41, 5.74) is -0.105. The van der Waals surface area contributed by atoms with Crippen molar-refractivity contribution in [3.8, 4) is 0 Å². The van der Waals surface area contributed by atoms with Gasteiger partial charge in [-0.2, -0.15) is 0 Å². The van der Waals surface area contributed by atoms with E-state index >= 15 is 0 Å². The summed E-state index contributed by atoms with van der Waals surface area (Å²) in [6.45, 7) is 6.68. The predicted molar refractivity (Wildman–Crippen MR) is 81.1 cm³/mol. The summed E-state index contributed by atoms with van der Waals surface area (Å²) in [5, 5.41) is 0. The molecule has 1 heterocycles. The van der Waals surface area contributed by atoms with E-state index in [1.165, 1.54) is 0 Å². The van der Waals surface area contributed by atoms with Gasteiger partial charge in [0.1, 0.15) is 16.5 Å². The number of nitrogens with one attached hydrogen (secondary N) is 1. The van der Waals surface area contributed by atoms with Gasteiger partial charge in [-0.3, -0.25) is 4.79 Å². The minimum Gasteiger partial charge on any atom is -0.341 e. The first kappa shape index (κ1) is 17.8. The number of nitrogens with zero attached hydrogens (tertiary/aromatic N) is 1. The Morgan fingerprint density at radius 1 is 1.30 bits per heavy atom. The van der Waals surface area contributed by atoms with Crippen molar-refractivity contribution in [2.75, 3.05) is 13.1 Å². The van der Waals surface area contributed by atoms with Crippen LogP contribution < -0.4 is 4.72 Å². The highest BCUT2D eigenvalue weighted by molar-refractivity contribution is 7.89. The van der Waals surface area contributed by atoms with Crippen molar-refractivity contribution in [2.24, 2.45) is 5.41 Å². The Bertz CT molecular complexity index is 714. The minimum absolute atomic E-state index is 0.0259. The van der Waals surface area contributed by atoms with Gasteiger partial charge in [-0.1, -0.05) is 20.8 Å². The lowest BCUT2D eigenvalue weighted by Gasteiger charge is -2.26. The summed E-state index contributed by atoms with van der Waals surface area (Å²) in [6, 6.07) is 1.64. The van der Waals surface area contributed by atoms with Crippen LogP contribution in [-0.4, -0.2) is 38.4 Å². The molecule has 128 valence electrons. The van der Waals surface area contributed by atoms with Crippen molar-refractivity contribution in [1.29, 1.82) is 0 Å². The molecule has 8 heteroatoms. The van der Waals surface area contributed by atoms with Gasteiger partial charge in [-0.15, -0.1) is 0 Å². The van der Waals surface area contributed by atoms with Crippen molar-refractivity contribution >= 4 is 15.9 Å². The van der Waals surface area contributed by atoms with E-state index in [1.54, 1.807) is 4.90 Å². The smallest absolute Gasteiger partial charge is 0.243 e. The molecule has 0 aliphatic carbocycles. The highest BCUT2D eigenvalue weighted by Crippen LogP contribution is 2.22. The van der Waals surface area contributed by atoms with E-state index < -0.39 is 32.6 Å². The largest absolute Gasteiger partial charge is 0.341 e. The molecule has 23 heavy (non-hydrogen) atoms. The zero-order valence-electron chi connectivity index (χ0n) is 13.3. The Hall–Kier alpha value is -1.54. The Morgan fingerprint density at radius 2 is 1.96 bits per heavy atom. The van der Waals surface area contributed by atoms with Gasteiger partial charge in [-0.25, -0.2) is 21.9 Å². The molecule has 1 aromatic rings. The third-order valence-electron chi connectivity index (χ3n) is 3.38. The molecule has 1 saturated heterocycles. The monoisotopic (exact) mass is 346 g/mol. The topological polar surface area (TPSA) is 66.5 Å². The molecule has 1 unspecified atom stereocenters. The van der Waals surface area contributed by atoms with Gasteiger partial charge in [0.05, 0.1) is 0 Å². The fraction of sp³-hybridized carbons (Fsp3) is 0.533. The second-order valence-electron chi connectivity index (χ2n) is 6.93. The molecule has 2 rings (SSSR count). The van der Waals surface area contributed by atoms with Crippen LogP contribution >= 0.6 is 0 Å². The van der Waals surface area contributed by atoms with Crippen LogP contribution in [0.4, 0.5) is 8.78 Å². The van der Waals surface area contributed by atoms with Gasteiger partial charge in [0.25, 0.3) is 0 Å². The van der Waals surface area contributed by atoms with Crippen LogP contribution in [0.3, 0.4) is 0 Å². The first-order valence-electron chi connectivity index (χ1n) is 7.23. The van der Waals surface area contributed by atoms with Gasteiger partial charge in [0.2, 0.25) is 15.9 Å². The SMILES string of the molecule is CC(C)(C)CN1CC(NS(=O)(=O)c2ccc(F)cc2F)CC1=O. The number of hydrogen-bond donors (Lipinski definition) is 1. The number of carbonyl (C=O) groups is 1. The van der Waals surface area contributed by atoms with Gasteiger partial charge in [0, 0.05) is 31.6 Å². The van der Waals surface area contributed by atoms with E-state index in [-0.39, 0.29) is 24.3 Å². The molecule has 0 aromatic heterocycles.